The average molecular weight is 562 g/mol. The van der Waals surface area contributed by atoms with Crippen molar-refractivity contribution in [3.63, 3.8) is 0 Å². The zero-order valence-electron chi connectivity index (χ0n) is 22.5. The molecule has 1 heterocycles. The molecular weight excluding hydrogens is 530 g/mol. The smallest absolute Gasteiger partial charge is 0.292 e. The van der Waals surface area contributed by atoms with Gasteiger partial charge in [-0.3, -0.25) is 14.4 Å². The van der Waals surface area contributed by atoms with Crippen molar-refractivity contribution < 1.29 is 27.5 Å². The number of rotatable bonds is 11. The van der Waals surface area contributed by atoms with Crippen molar-refractivity contribution in [1.29, 1.82) is 0 Å². The first kappa shape index (κ1) is 28.6. The molecule has 0 aliphatic rings. The van der Waals surface area contributed by atoms with Crippen LogP contribution in [0.2, 0.25) is 0 Å². The number of ether oxygens (including phenoxy) is 1. The van der Waals surface area contributed by atoms with Crippen molar-refractivity contribution in [3.05, 3.63) is 95.7 Å². The van der Waals surface area contributed by atoms with Crippen LogP contribution >= 0.6 is 0 Å². The topological polar surface area (TPSA) is 124 Å². The van der Waals surface area contributed by atoms with Gasteiger partial charge in [0.05, 0.1) is 21.4 Å². The highest BCUT2D eigenvalue weighted by molar-refractivity contribution is 7.90. The molecule has 4 aromatic rings. The standard InChI is InChI=1S/C30H31N3O6S/c1-20(2)17-24-28(29(35)30(36)31-3)27-23(33(24)18-21-11-6-4-7-12-21)15-10-16-25(27)39-19-26(34)32-40(37,38)22-13-8-5-9-14-22/h4-16,20H,17-19H2,1-3H3,(H,31,36)(H,32,34). The Morgan fingerprint density at radius 3 is 2.17 bits per heavy atom. The van der Waals surface area contributed by atoms with Crippen LogP contribution in [0, 0.1) is 5.92 Å². The van der Waals surface area contributed by atoms with Crippen LogP contribution in [-0.4, -0.2) is 44.2 Å². The van der Waals surface area contributed by atoms with Gasteiger partial charge in [0.2, 0.25) is 0 Å². The number of Topliss-reactive ketones (excluding diaryl/α,β-unsaturated/α-hetero) is 1. The number of nitrogens with zero attached hydrogens (tertiary/aromatic N) is 1. The number of amides is 2. The second-order valence-electron chi connectivity index (χ2n) is 9.68. The van der Waals surface area contributed by atoms with Crippen LogP contribution in [0.5, 0.6) is 5.75 Å². The summed E-state index contributed by atoms with van der Waals surface area (Å²) in [7, 11) is -2.69. The van der Waals surface area contributed by atoms with Gasteiger partial charge < -0.3 is 14.6 Å². The first-order valence-corrected chi connectivity index (χ1v) is 14.3. The van der Waals surface area contributed by atoms with Crippen LogP contribution in [-0.2, 0) is 32.6 Å². The van der Waals surface area contributed by atoms with Crippen molar-refractivity contribution in [2.24, 2.45) is 5.92 Å². The molecule has 208 valence electrons. The monoisotopic (exact) mass is 561 g/mol. The van der Waals surface area contributed by atoms with Crippen LogP contribution in [0.1, 0.15) is 35.5 Å². The molecule has 0 radical (unpaired) electrons. The Morgan fingerprint density at radius 2 is 1.55 bits per heavy atom. The molecule has 0 aliphatic carbocycles. The maximum Gasteiger partial charge on any atom is 0.292 e. The SMILES string of the molecule is CNC(=O)C(=O)c1c(CC(C)C)n(Cc2ccccc2)c2cccc(OCC(=O)NS(=O)(=O)c3ccccc3)c12. The summed E-state index contributed by atoms with van der Waals surface area (Å²) in [5.74, 6) is -2.03. The number of hydrogen-bond acceptors (Lipinski definition) is 6. The fraction of sp³-hybridized carbons (Fsp3) is 0.233. The van der Waals surface area contributed by atoms with E-state index in [9.17, 15) is 22.8 Å². The maximum atomic E-state index is 13.5. The van der Waals surface area contributed by atoms with Gasteiger partial charge in [0.15, 0.2) is 6.61 Å². The van der Waals surface area contributed by atoms with E-state index in [4.69, 9.17) is 4.74 Å². The highest BCUT2D eigenvalue weighted by atomic mass is 32.2. The summed E-state index contributed by atoms with van der Waals surface area (Å²) in [6, 6.07) is 22.4. The minimum absolute atomic E-state index is 0.0553. The normalized spacial score (nSPS) is 11.4. The van der Waals surface area contributed by atoms with Crippen molar-refractivity contribution >= 4 is 38.5 Å². The lowest BCUT2D eigenvalue weighted by Gasteiger charge is -2.14. The van der Waals surface area contributed by atoms with E-state index >= 15 is 0 Å². The van der Waals surface area contributed by atoms with Gasteiger partial charge >= 0.3 is 0 Å². The zero-order valence-corrected chi connectivity index (χ0v) is 23.3. The highest BCUT2D eigenvalue weighted by Crippen LogP contribution is 2.36. The Balaban J connectivity index is 1.77. The molecule has 3 aromatic carbocycles. The number of benzene rings is 3. The van der Waals surface area contributed by atoms with Crippen molar-refractivity contribution in [2.75, 3.05) is 13.7 Å². The van der Waals surface area contributed by atoms with E-state index in [2.05, 4.69) is 5.32 Å². The third-order valence-corrected chi connectivity index (χ3v) is 7.65. The number of carbonyl (C=O) groups excluding carboxylic acids is 3. The van der Waals surface area contributed by atoms with Crippen molar-refractivity contribution in [1.82, 2.24) is 14.6 Å². The summed E-state index contributed by atoms with van der Waals surface area (Å²) in [5, 5.41) is 2.80. The largest absolute Gasteiger partial charge is 0.483 e. The Labute approximate surface area is 233 Å². The Bertz CT molecular complexity index is 1650. The molecule has 4 rings (SSSR count). The molecule has 2 amide bonds. The third-order valence-electron chi connectivity index (χ3n) is 6.27. The number of aromatic nitrogens is 1. The van der Waals surface area contributed by atoms with Gasteiger partial charge in [-0.05, 0) is 42.2 Å². The summed E-state index contributed by atoms with van der Waals surface area (Å²) in [4.78, 5) is 38.6. The molecule has 2 N–H and O–H groups in total. The lowest BCUT2D eigenvalue weighted by molar-refractivity contribution is -0.121. The van der Waals surface area contributed by atoms with Crippen LogP contribution < -0.4 is 14.8 Å². The predicted molar refractivity (Wildman–Crippen MR) is 152 cm³/mol. The van der Waals surface area contributed by atoms with Crippen LogP contribution in [0.4, 0.5) is 0 Å². The molecule has 0 saturated carbocycles. The molecule has 0 saturated heterocycles. The molecule has 0 aliphatic heterocycles. The molecule has 0 atom stereocenters. The van der Waals surface area contributed by atoms with Gasteiger partial charge in [0.1, 0.15) is 5.75 Å². The number of sulfonamides is 1. The van der Waals surface area contributed by atoms with Crippen molar-refractivity contribution in [2.45, 2.75) is 31.7 Å². The summed E-state index contributed by atoms with van der Waals surface area (Å²) in [6.45, 7) is 3.86. The lowest BCUT2D eigenvalue weighted by atomic mass is 9.99. The third kappa shape index (κ3) is 6.23. The second-order valence-corrected chi connectivity index (χ2v) is 11.4. The predicted octanol–water partition coefficient (Wildman–Crippen LogP) is 3.70. The Morgan fingerprint density at radius 1 is 0.900 bits per heavy atom. The molecule has 10 heteroatoms. The fourth-order valence-electron chi connectivity index (χ4n) is 4.54. The van der Waals surface area contributed by atoms with E-state index in [1.807, 2.05) is 59.5 Å². The molecule has 0 spiro atoms. The second kappa shape index (κ2) is 12.2. The first-order chi connectivity index (χ1) is 19.1. The van der Waals surface area contributed by atoms with Crippen molar-refractivity contribution in [3.8, 4) is 5.75 Å². The van der Waals surface area contributed by atoms with E-state index in [0.717, 1.165) is 5.56 Å². The minimum Gasteiger partial charge on any atom is -0.483 e. The van der Waals surface area contributed by atoms with Gasteiger partial charge in [0.25, 0.3) is 27.6 Å². The molecule has 9 nitrogen and oxygen atoms in total. The van der Waals surface area contributed by atoms with Gasteiger partial charge in [-0.15, -0.1) is 0 Å². The van der Waals surface area contributed by atoms with E-state index in [0.29, 0.717) is 29.6 Å². The minimum atomic E-state index is -4.08. The van der Waals surface area contributed by atoms with Gasteiger partial charge in [0, 0.05) is 19.3 Å². The molecule has 40 heavy (non-hydrogen) atoms. The number of likely N-dealkylation sites (N-methyl/N-ethyl adjacent to an activating group) is 1. The zero-order chi connectivity index (χ0) is 28.9. The number of fused-ring (bicyclic) bond motifs is 1. The van der Waals surface area contributed by atoms with E-state index in [1.54, 1.807) is 30.3 Å². The molecular formula is C30H31N3O6S. The summed E-state index contributed by atoms with van der Waals surface area (Å²) < 4.78 is 34.9. The summed E-state index contributed by atoms with van der Waals surface area (Å²) >= 11 is 0. The van der Waals surface area contributed by atoms with E-state index in [1.165, 1.54) is 19.2 Å². The summed E-state index contributed by atoms with van der Waals surface area (Å²) in [6.07, 6.45) is 0.509. The van der Waals surface area contributed by atoms with Gasteiger partial charge in [-0.25, -0.2) is 13.1 Å². The molecule has 0 unspecified atom stereocenters. The molecule has 0 fully saturated rings. The Hall–Kier alpha value is -4.44. The number of ketones is 1. The fourth-order valence-corrected chi connectivity index (χ4v) is 5.53. The number of nitrogens with one attached hydrogen (secondary N) is 2. The maximum absolute atomic E-state index is 13.5. The highest BCUT2D eigenvalue weighted by Gasteiger charge is 2.29. The van der Waals surface area contributed by atoms with Gasteiger partial charge in [-0.1, -0.05) is 68.4 Å². The van der Waals surface area contributed by atoms with Gasteiger partial charge in [-0.2, -0.15) is 0 Å². The summed E-state index contributed by atoms with van der Waals surface area (Å²) in [5.41, 5.74) is 2.53. The number of hydrogen-bond donors (Lipinski definition) is 2. The van der Waals surface area contributed by atoms with Crippen LogP contribution in [0.25, 0.3) is 10.9 Å². The molecule has 1 aromatic heterocycles. The quantitative estimate of drug-likeness (QED) is 0.213. The van der Waals surface area contributed by atoms with E-state index < -0.39 is 34.2 Å². The molecule has 0 bridgehead atoms. The van der Waals surface area contributed by atoms with Crippen LogP contribution in [0.3, 0.4) is 0 Å². The number of carbonyl (C=O) groups is 3. The van der Waals surface area contributed by atoms with E-state index in [-0.39, 0.29) is 22.1 Å². The average Bonchev–Trinajstić information content (AvgIpc) is 3.24. The first-order valence-electron chi connectivity index (χ1n) is 12.8. The Kier molecular flexibility index (Phi) is 8.69. The lowest BCUT2D eigenvalue weighted by Crippen LogP contribution is -2.34. The van der Waals surface area contributed by atoms with Crippen LogP contribution in [0.15, 0.2) is 83.8 Å².